The summed E-state index contributed by atoms with van der Waals surface area (Å²) in [5.74, 6) is 0.699. The van der Waals surface area contributed by atoms with Gasteiger partial charge in [-0.05, 0) is 44.9 Å². The van der Waals surface area contributed by atoms with E-state index in [4.69, 9.17) is 13.9 Å². The molecule has 142 valence electrons. The SMILES string of the molecule is CCCc1cc(=O)oc2c3c(c4c(c12)OC(C)(C)C=C4)OC(C)[C@@H](C)C3=O. The number of carbonyl (C=O) groups excluding carboxylic acids is 1. The van der Waals surface area contributed by atoms with Crippen LogP contribution in [-0.2, 0) is 6.42 Å². The molecule has 0 aliphatic carbocycles. The van der Waals surface area contributed by atoms with Crippen LogP contribution in [0.2, 0.25) is 0 Å². The van der Waals surface area contributed by atoms with E-state index in [1.807, 2.05) is 46.8 Å². The largest absolute Gasteiger partial charge is 0.488 e. The van der Waals surface area contributed by atoms with Gasteiger partial charge in [-0.15, -0.1) is 0 Å². The maximum atomic E-state index is 13.1. The fourth-order valence-corrected chi connectivity index (χ4v) is 3.82. The number of ether oxygens (including phenoxy) is 2. The average molecular weight is 368 g/mol. The summed E-state index contributed by atoms with van der Waals surface area (Å²) in [7, 11) is 0. The van der Waals surface area contributed by atoms with Crippen molar-refractivity contribution in [2.24, 2.45) is 5.92 Å². The van der Waals surface area contributed by atoms with Crippen molar-refractivity contribution in [3.05, 3.63) is 39.3 Å². The van der Waals surface area contributed by atoms with Crippen molar-refractivity contribution in [2.75, 3.05) is 0 Å². The summed E-state index contributed by atoms with van der Waals surface area (Å²) in [6.45, 7) is 9.70. The molecule has 2 atom stereocenters. The third-order valence-corrected chi connectivity index (χ3v) is 5.42. The van der Waals surface area contributed by atoms with Crippen molar-refractivity contribution >= 4 is 22.8 Å². The number of ketones is 1. The zero-order valence-corrected chi connectivity index (χ0v) is 16.3. The molecule has 0 amide bonds. The molecule has 0 radical (unpaired) electrons. The lowest BCUT2D eigenvalue weighted by Crippen LogP contribution is -2.35. The van der Waals surface area contributed by atoms with Crippen molar-refractivity contribution in [2.45, 2.75) is 59.2 Å². The highest BCUT2D eigenvalue weighted by Gasteiger charge is 2.39. The minimum absolute atomic E-state index is 0.0633. The minimum atomic E-state index is -0.509. The van der Waals surface area contributed by atoms with E-state index < -0.39 is 11.2 Å². The molecule has 5 heteroatoms. The number of hydrogen-bond donors (Lipinski definition) is 0. The van der Waals surface area contributed by atoms with Gasteiger partial charge < -0.3 is 13.9 Å². The van der Waals surface area contributed by atoms with Gasteiger partial charge in [-0.1, -0.05) is 20.3 Å². The Morgan fingerprint density at radius 3 is 2.59 bits per heavy atom. The summed E-state index contributed by atoms with van der Waals surface area (Å²) in [4.78, 5) is 25.4. The molecule has 2 aliphatic rings. The van der Waals surface area contributed by atoms with Crippen molar-refractivity contribution in [3.8, 4) is 11.5 Å². The van der Waals surface area contributed by atoms with Gasteiger partial charge in [0.2, 0.25) is 0 Å². The van der Waals surface area contributed by atoms with Crippen molar-refractivity contribution in [3.63, 3.8) is 0 Å². The molecule has 27 heavy (non-hydrogen) atoms. The molecule has 5 nitrogen and oxygen atoms in total. The molecule has 0 saturated heterocycles. The summed E-state index contributed by atoms with van der Waals surface area (Å²) >= 11 is 0. The molecule has 4 rings (SSSR count). The van der Waals surface area contributed by atoms with Gasteiger partial charge in [0.15, 0.2) is 11.4 Å². The van der Waals surface area contributed by atoms with Crippen LogP contribution < -0.4 is 15.1 Å². The van der Waals surface area contributed by atoms with Crippen LogP contribution in [0.25, 0.3) is 17.0 Å². The highest BCUT2D eigenvalue weighted by molar-refractivity contribution is 6.14. The monoisotopic (exact) mass is 368 g/mol. The smallest absolute Gasteiger partial charge is 0.336 e. The van der Waals surface area contributed by atoms with Crippen molar-refractivity contribution in [1.82, 2.24) is 0 Å². The van der Waals surface area contributed by atoms with Crippen LogP contribution in [0.4, 0.5) is 0 Å². The summed E-state index contributed by atoms with van der Waals surface area (Å²) in [6, 6.07) is 1.51. The van der Waals surface area contributed by atoms with Crippen molar-refractivity contribution in [1.29, 1.82) is 0 Å². The lowest BCUT2D eigenvalue weighted by molar-refractivity contribution is 0.0728. The number of aryl methyl sites for hydroxylation is 1. The van der Waals surface area contributed by atoms with Gasteiger partial charge in [0.25, 0.3) is 0 Å². The van der Waals surface area contributed by atoms with E-state index in [-0.39, 0.29) is 23.4 Å². The summed E-state index contributed by atoms with van der Waals surface area (Å²) in [5, 5.41) is 0.710. The van der Waals surface area contributed by atoms with E-state index in [1.54, 1.807) is 0 Å². The van der Waals surface area contributed by atoms with E-state index in [2.05, 4.69) is 0 Å². The first-order valence-electron chi connectivity index (χ1n) is 9.49. The van der Waals surface area contributed by atoms with Gasteiger partial charge in [0.1, 0.15) is 28.8 Å². The van der Waals surface area contributed by atoms with E-state index in [9.17, 15) is 9.59 Å². The van der Waals surface area contributed by atoms with Gasteiger partial charge in [0, 0.05) is 6.07 Å². The van der Waals surface area contributed by atoms with Gasteiger partial charge in [0.05, 0.1) is 16.9 Å². The predicted molar refractivity (Wildman–Crippen MR) is 104 cm³/mol. The third-order valence-electron chi connectivity index (χ3n) is 5.42. The molecule has 3 heterocycles. The molecular weight excluding hydrogens is 344 g/mol. The lowest BCUT2D eigenvalue weighted by Gasteiger charge is -2.34. The van der Waals surface area contributed by atoms with E-state index >= 15 is 0 Å². The second-order valence-corrected chi connectivity index (χ2v) is 8.01. The Hall–Kier alpha value is -2.56. The van der Waals surface area contributed by atoms with Crippen LogP contribution in [0.5, 0.6) is 11.5 Å². The van der Waals surface area contributed by atoms with E-state index in [1.165, 1.54) is 6.07 Å². The Kier molecular flexibility index (Phi) is 3.95. The number of Topliss-reactive ketones (excluding diaryl/α,β-unsaturated/α-hetero) is 1. The molecule has 0 fully saturated rings. The van der Waals surface area contributed by atoms with E-state index in [0.29, 0.717) is 28.9 Å². The number of rotatable bonds is 2. The first-order chi connectivity index (χ1) is 12.7. The maximum Gasteiger partial charge on any atom is 0.336 e. The van der Waals surface area contributed by atoms with Gasteiger partial charge in [-0.2, -0.15) is 0 Å². The second-order valence-electron chi connectivity index (χ2n) is 8.01. The normalized spacial score (nSPS) is 22.8. The average Bonchev–Trinajstić information content (AvgIpc) is 2.58. The zero-order chi connectivity index (χ0) is 19.5. The molecule has 2 aliphatic heterocycles. The number of fused-ring (bicyclic) bond motifs is 6. The Balaban J connectivity index is 2.18. The predicted octanol–water partition coefficient (Wildman–Crippen LogP) is 4.53. The Morgan fingerprint density at radius 1 is 1.15 bits per heavy atom. The molecule has 1 unspecified atom stereocenters. The van der Waals surface area contributed by atoms with Gasteiger partial charge in [-0.25, -0.2) is 4.79 Å². The highest BCUT2D eigenvalue weighted by atomic mass is 16.5. The molecule has 2 aromatic rings. The highest BCUT2D eigenvalue weighted by Crippen LogP contribution is 2.49. The zero-order valence-electron chi connectivity index (χ0n) is 16.3. The Morgan fingerprint density at radius 2 is 1.89 bits per heavy atom. The standard InChI is InChI=1S/C22H24O5/c1-6-7-13-10-15(23)26-21-16(13)20-14(8-9-22(4,5)27-20)19-17(21)18(24)11(2)12(3)25-19/h8-12H,6-7H2,1-5H3/t11-,12?/m1/s1. The topological polar surface area (TPSA) is 65.7 Å². The van der Waals surface area contributed by atoms with Gasteiger partial charge in [-0.3, -0.25) is 4.79 Å². The molecule has 0 saturated carbocycles. The number of hydrogen-bond acceptors (Lipinski definition) is 5. The summed E-state index contributed by atoms with van der Waals surface area (Å²) < 4.78 is 18.0. The summed E-state index contributed by atoms with van der Waals surface area (Å²) in [5.41, 5.74) is 1.26. The molecule has 0 spiro atoms. The Bertz CT molecular complexity index is 1040. The van der Waals surface area contributed by atoms with E-state index in [0.717, 1.165) is 17.5 Å². The molecule has 1 aromatic carbocycles. The van der Waals surface area contributed by atoms with Crippen molar-refractivity contribution < 1.29 is 18.7 Å². The third kappa shape index (κ3) is 2.68. The Labute approximate surface area is 158 Å². The van der Waals surface area contributed by atoms with Crippen LogP contribution in [0, 0.1) is 5.92 Å². The lowest BCUT2D eigenvalue weighted by atomic mass is 9.86. The minimum Gasteiger partial charge on any atom is -0.488 e. The molecule has 1 aromatic heterocycles. The molecule has 0 N–H and O–H groups in total. The maximum absolute atomic E-state index is 13.1. The molecule has 0 bridgehead atoms. The van der Waals surface area contributed by atoms with Crippen LogP contribution in [0.3, 0.4) is 0 Å². The number of benzene rings is 1. The quantitative estimate of drug-likeness (QED) is 0.729. The fraction of sp³-hybridized carbons (Fsp3) is 0.455. The first-order valence-corrected chi connectivity index (χ1v) is 9.49. The van der Waals surface area contributed by atoms with Crippen LogP contribution in [-0.4, -0.2) is 17.5 Å². The van der Waals surface area contributed by atoms with Crippen LogP contribution >= 0.6 is 0 Å². The second kappa shape index (κ2) is 5.98. The summed E-state index contributed by atoms with van der Waals surface area (Å²) in [6.07, 6.45) is 5.20. The fourth-order valence-electron chi connectivity index (χ4n) is 3.82. The van der Waals surface area contributed by atoms with Gasteiger partial charge >= 0.3 is 5.63 Å². The molecular formula is C22H24O5. The number of carbonyl (C=O) groups is 1. The van der Waals surface area contributed by atoms with Crippen LogP contribution in [0.1, 0.15) is 62.5 Å². The first kappa shape index (κ1) is 17.8. The van der Waals surface area contributed by atoms with Crippen LogP contribution in [0.15, 0.2) is 21.4 Å².